The van der Waals surface area contributed by atoms with Crippen molar-refractivity contribution in [2.24, 2.45) is 5.92 Å². The summed E-state index contributed by atoms with van der Waals surface area (Å²) in [5, 5.41) is 12.9. The smallest absolute Gasteiger partial charge is 0.335 e. The van der Waals surface area contributed by atoms with Gasteiger partial charge in [-0.25, -0.2) is 4.79 Å². The Morgan fingerprint density at radius 2 is 1.96 bits per heavy atom. The molecule has 0 saturated heterocycles. The Kier molecular flexibility index (Phi) is 5.31. The van der Waals surface area contributed by atoms with Gasteiger partial charge < -0.3 is 15.2 Å². The molecule has 0 amide bonds. The number of unbranched alkanes of at least 4 members (excludes halogenated alkanes) is 1. The first-order valence-corrected chi connectivity index (χ1v) is 9.02. The number of hydrogen-bond acceptors (Lipinski definition) is 3. The van der Waals surface area contributed by atoms with Gasteiger partial charge in [-0.15, -0.1) is 0 Å². The quantitative estimate of drug-likeness (QED) is 0.733. The van der Waals surface area contributed by atoms with Crippen LogP contribution in [0.5, 0.6) is 5.75 Å². The maximum absolute atomic E-state index is 11.3. The molecule has 2 atom stereocenters. The summed E-state index contributed by atoms with van der Waals surface area (Å²) in [5.74, 6) is 0.142. The number of hydrogen-bond donors (Lipinski definition) is 2. The summed E-state index contributed by atoms with van der Waals surface area (Å²) in [5.41, 5.74) is 4.34. The average molecular weight is 351 g/mol. The summed E-state index contributed by atoms with van der Waals surface area (Å²) in [6, 6.07) is 13.4. The van der Waals surface area contributed by atoms with E-state index in [0.717, 1.165) is 41.8 Å². The van der Waals surface area contributed by atoms with E-state index < -0.39 is 5.97 Å². The highest BCUT2D eigenvalue weighted by molar-refractivity contribution is 5.91. The number of rotatable bonds is 6. The molecular formula is C22H25NO3. The second-order valence-corrected chi connectivity index (χ2v) is 6.73. The average Bonchev–Trinajstić information content (AvgIpc) is 2.67. The van der Waals surface area contributed by atoms with Gasteiger partial charge in [0.1, 0.15) is 5.75 Å². The molecule has 4 nitrogen and oxygen atoms in total. The zero-order chi connectivity index (χ0) is 18.7. The molecule has 2 aromatic rings. The van der Waals surface area contributed by atoms with Gasteiger partial charge in [-0.05, 0) is 47.9 Å². The zero-order valence-electron chi connectivity index (χ0n) is 15.3. The van der Waals surface area contributed by atoms with Gasteiger partial charge in [0.2, 0.25) is 0 Å². The molecule has 2 unspecified atom stereocenters. The Labute approximate surface area is 154 Å². The second kappa shape index (κ2) is 7.65. The Morgan fingerprint density at radius 1 is 1.23 bits per heavy atom. The van der Waals surface area contributed by atoms with Crippen molar-refractivity contribution < 1.29 is 14.6 Å². The number of ether oxygens (including phenoxy) is 1. The molecule has 0 radical (unpaired) electrons. The van der Waals surface area contributed by atoms with Crippen LogP contribution in [-0.4, -0.2) is 18.2 Å². The van der Waals surface area contributed by atoms with Gasteiger partial charge >= 0.3 is 5.97 Å². The Morgan fingerprint density at radius 3 is 2.58 bits per heavy atom. The first-order chi connectivity index (χ1) is 12.5. The van der Waals surface area contributed by atoms with E-state index in [0.29, 0.717) is 5.56 Å². The summed E-state index contributed by atoms with van der Waals surface area (Å²) in [6.45, 7) is 6.52. The number of carboxylic acids is 1. The van der Waals surface area contributed by atoms with Crippen LogP contribution in [0.2, 0.25) is 0 Å². The molecule has 4 heteroatoms. The van der Waals surface area contributed by atoms with E-state index in [4.69, 9.17) is 4.74 Å². The zero-order valence-corrected chi connectivity index (χ0v) is 15.3. The summed E-state index contributed by atoms with van der Waals surface area (Å²) >= 11 is 0. The largest absolute Gasteiger partial charge is 0.497 e. The molecule has 0 saturated carbocycles. The predicted octanol–water partition coefficient (Wildman–Crippen LogP) is 5.38. The van der Waals surface area contributed by atoms with Crippen molar-refractivity contribution in [3.63, 3.8) is 0 Å². The van der Waals surface area contributed by atoms with Crippen LogP contribution in [0.15, 0.2) is 49.0 Å². The van der Waals surface area contributed by atoms with Crippen molar-refractivity contribution in [1.29, 1.82) is 0 Å². The van der Waals surface area contributed by atoms with Crippen LogP contribution < -0.4 is 10.1 Å². The Hall–Kier alpha value is -2.75. The van der Waals surface area contributed by atoms with Crippen molar-refractivity contribution in [2.45, 2.75) is 32.2 Å². The van der Waals surface area contributed by atoms with E-state index in [1.165, 1.54) is 5.56 Å². The number of nitrogens with one attached hydrogen (secondary N) is 1. The number of methoxy groups -OCH3 is 1. The second-order valence-electron chi connectivity index (χ2n) is 6.73. The number of anilines is 1. The van der Waals surface area contributed by atoms with E-state index in [9.17, 15) is 9.90 Å². The summed E-state index contributed by atoms with van der Waals surface area (Å²) < 4.78 is 5.27. The van der Waals surface area contributed by atoms with Crippen LogP contribution in [0.4, 0.5) is 5.69 Å². The minimum Gasteiger partial charge on any atom is -0.497 e. The molecule has 136 valence electrons. The number of carboxylic acid groups (broad SMARTS) is 1. The normalized spacial score (nSPS) is 18.8. The summed E-state index contributed by atoms with van der Waals surface area (Å²) in [7, 11) is 1.66. The van der Waals surface area contributed by atoms with E-state index in [2.05, 4.69) is 31.0 Å². The monoisotopic (exact) mass is 351 g/mol. The lowest BCUT2D eigenvalue weighted by Gasteiger charge is -2.37. The molecule has 0 aliphatic carbocycles. The van der Waals surface area contributed by atoms with E-state index >= 15 is 0 Å². The predicted molar refractivity (Wildman–Crippen MR) is 105 cm³/mol. The summed E-state index contributed by atoms with van der Waals surface area (Å²) in [6.07, 6.45) is 3.23. The molecule has 0 spiro atoms. The molecule has 2 aromatic carbocycles. The molecular weight excluding hydrogens is 326 g/mol. The van der Waals surface area contributed by atoms with Crippen molar-refractivity contribution in [2.75, 3.05) is 12.4 Å². The van der Waals surface area contributed by atoms with Gasteiger partial charge in [0.15, 0.2) is 0 Å². The third-order valence-electron chi connectivity index (χ3n) is 5.12. The fraction of sp³-hybridized carbons (Fsp3) is 0.318. The molecule has 3 rings (SSSR count). The minimum atomic E-state index is -0.914. The first-order valence-electron chi connectivity index (χ1n) is 9.02. The maximum Gasteiger partial charge on any atom is 0.335 e. The topological polar surface area (TPSA) is 58.6 Å². The summed E-state index contributed by atoms with van der Waals surface area (Å²) in [4.78, 5) is 11.3. The SMILES string of the molecule is C=C1c2cc(C(=O)O)ccc2NC(c2ccc(OC)cc2)C1CCCC. The van der Waals surface area contributed by atoms with Gasteiger partial charge in [-0.2, -0.15) is 0 Å². The van der Waals surface area contributed by atoms with Gasteiger partial charge in [0, 0.05) is 17.2 Å². The molecule has 0 fully saturated rings. The third-order valence-corrected chi connectivity index (χ3v) is 5.12. The molecule has 1 aliphatic rings. The van der Waals surface area contributed by atoms with Crippen molar-refractivity contribution in [1.82, 2.24) is 0 Å². The van der Waals surface area contributed by atoms with Crippen LogP contribution in [0, 0.1) is 5.92 Å². The standard InChI is InChI=1S/C22H25NO3/c1-4-5-6-18-14(2)19-13-16(22(24)25)9-12-20(19)23-21(18)15-7-10-17(26-3)11-8-15/h7-13,18,21,23H,2,4-6H2,1,3H3,(H,24,25). The lowest BCUT2D eigenvalue weighted by molar-refractivity contribution is 0.0697. The van der Waals surface area contributed by atoms with Gasteiger partial charge in [-0.1, -0.05) is 38.5 Å². The lowest BCUT2D eigenvalue weighted by atomic mass is 9.77. The fourth-order valence-corrected chi connectivity index (χ4v) is 3.63. The van der Waals surface area contributed by atoms with E-state index in [-0.39, 0.29) is 12.0 Å². The molecule has 26 heavy (non-hydrogen) atoms. The highest BCUT2D eigenvalue weighted by Crippen LogP contribution is 2.45. The maximum atomic E-state index is 11.3. The van der Waals surface area contributed by atoms with E-state index in [1.807, 2.05) is 18.2 Å². The molecule has 1 heterocycles. The third kappa shape index (κ3) is 3.45. The Balaban J connectivity index is 2.00. The number of carbonyl (C=O) groups is 1. The first kappa shape index (κ1) is 18.1. The van der Waals surface area contributed by atoms with Gasteiger partial charge in [-0.3, -0.25) is 0 Å². The number of aromatic carboxylic acids is 1. The Bertz CT molecular complexity index is 811. The van der Waals surface area contributed by atoms with Crippen LogP contribution in [0.25, 0.3) is 5.57 Å². The van der Waals surface area contributed by atoms with Crippen LogP contribution in [0.1, 0.15) is 53.7 Å². The van der Waals surface area contributed by atoms with Crippen LogP contribution >= 0.6 is 0 Å². The highest BCUT2D eigenvalue weighted by atomic mass is 16.5. The number of fused-ring (bicyclic) bond motifs is 1. The minimum absolute atomic E-state index is 0.114. The molecule has 0 bridgehead atoms. The lowest BCUT2D eigenvalue weighted by Crippen LogP contribution is -2.27. The van der Waals surface area contributed by atoms with Gasteiger partial charge in [0.05, 0.1) is 18.7 Å². The molecule has 0 aromatic heterocycles. The fourth-order valence-electron chi connectivity index (χ4n) is 3.63. The highest BCUT2D eigenvalue weighted by Gasteiger charge is 2.32. The van der Waals surface area contributed by atoms with Gasteiger partial charge in [0.25, 0.3) is 0 Å². The van der Waals surface area contributed by atoms with Crippen LogP contribution in [-0.2, 0) is 0 Å². The van der Waals surface area contributed by atoms with Crippen LogP contribution in [0.3, 0.4) is 0 Å². The number of benzene rings is 2. The molecule has 2 N–H and O–H groups in total. The molecule has 1 aliphatic heterocycles. The van der Waals surface area contributed by atoms with E-state index in [1.54, 1.807) is 19.2 Å². The van der Waals surface area contributed by atoms with Crippen molar-refractivity contribution in [3.8, 4) is 5.75 Å². The van der Waals surface area contributed by atoms with Crippen molar-refractivity contribution in [3.05, 3.63) is 65.7 Å². The van der Waals surface area contributed by atoms with Crippen molar-refractivity contribution >= 4 is 17.2 Å².